The van der Waals surface area contributed by atoms with Gasteiger partial charge >= 0.3 is 0 Å². The molecule has 33 heavy (non-hydrogen) atoms. The Balaban J connectivity index is 1.51. The number of amides is 1. The predicted molar refractivity (Wildman–Crippen MR) is 129 cm³/mol. The van der Waals surface area contributed by atoms with Crippen molar-refractivity contribution in [3.63, 3.8) is 0 Å². The molecule has 1 aromatic heterocycles. The summed E-state index contributed by atoms with van der Waals surface area (Å²) in [5.41, 5.74) is 1.85. The van der Waals surface area contributed by atoms with Crippen LogP contribution in [-0.2, 0) is 4.79 Å². The summed E-state index contributed by atoms with van der Waals surface area (Å²) in [5.74, 6) is 0.662. The Kier molecular flexibility index (Phi) is 7.77. The Labute approximate surface area is 198 Å². The molecule has 1 aliphatic heterocycles. The van der Waals surface area contributed by atoms with Crippen LogP contribution in [0.3, 0.4) is 0 Å². The Bertz CT molecular complexity index is 1050. The van der Waals surface area contributed by atoms with Crippen LogP contribution in [0.25, 0.3) is 5.69 Å². The largest absolute Gasteiger partial charge is 0.349 e. The van der Waals surface area contributed by atoms with Gasteiger partial charge in [0.1, 0.15) is 5.82 Å². The van der Waals surface area contributed by atoms with Gasteiger partial charge in [0, 0.05) is 5.69 Å². The summed E-state index contributed by atoms with van der Waals surface area (Å²) < 4.78 is 15.5. The molecule has 8 heteroatoms. The number of nitrogens with zero attached hydrogens (tertiary/aromatic N) is 4. The van der Waals surface area contributed by atoms with Crippen LogP contribution in [-0.4, -0.2) is 44.4 Å². The Hall–Kier alpha value is -2.71. The lowest BCUT2D eigenvalue weighted by atomic mass is 10.1. The minimum atomic E-state index is -0.291. The van der Waals surface area contributed by atoms with Crippen molar-refractivity contribution in [2.24, 2.45) is 0 Å². The summed E-state index contributed by atoms with van der Waals surface area (Å²) >= 11 is 1.34. The lowest BCUT2D eigenvalue weighted by Crippen LogP contribution is -2.33. The quantitative estimate of drug-likeness (QED) is 0.476. The van der Waals surface area contributed by atoms with Gasteiger partial charge in [0.25, 0.3) is 0 Å². The maximum atomic E-state index is 13.6. The summed E-state index contributed by atoms with van der Waals surface area (Å²) in [4.78, 5) is 15.0. The van der Waals surface area contributed by atoms with Gasteiger partial charge in [-0.25, -0.2) is 4.39 Å². The van der Waals surface area contributed by atoms with Gasteiger partial charge in [0.05, 0.1) is 17.8 Å². The fourth-order valence-corrected chi connectivity index (χ4v) is 4.96. The summed E-state index contributed by atoms with van der Waals surface area (Å²) in [6.45, 7) is 6.16. The first-order valence-electron chi connectivity index (χ1n) is 11.5. The van der Waals surface area contributed by atoms with E-state index in [2.05, 4.69) is 27.3 Å². The number of halogens is 1. The SMILES string of the molecule is CC(NC(=O)CSc1nnc(C(C)N2CCCCC2)n1-c1ccc(F)cc1)c1ccccc1. The van der Waals surface area contributed by atoms with Crippen LogP contribution in [0.2, 0.25) is 0 Å². The van der Waals surface area contributed by atoms with Gasteiger partial charge < -0.3 is 5.32 Å². The number of hydrogen-bond acceptors (Lipinski definition) is 5. The monoisotopic (exact) mass is 467 g/mol. The third-order valence-electron chi connectivity index (χ3n) is 6.06. The van der Waals surface area contributed by atoms with E-state index in [1.165, 1.54) is 43.2 Å². The van der Waals surface area contributed by atoms with E-state index in [0.29, 0.717) is 5.16 Å². The van der Waals surface area contributed by atoms with Crippen molar-refractivity contribution >= 4 is 17.7 Å². The van der Waals surface area contributed by atoms with E-state index < -0.39 is 0 Å². The number of carbonyl (C=O) groups excluding carboxylic acids is 1. The van der Waals surface area contributed by atoms with Gasteiger partial charge in [0.15, 0.2) is 11.0 Å². The van der Waals surface area contributed by atoms with Crippen LogP contribution >= 0.6 is 11.8 Å². The smallest absolute Gasteiger partial charge is 0.230 e. The summed E-state index contributed by atoms with van der Waals surface area (Å²) in [6, 6.07) is 16.2. The Morgan fingerprint density at radius 3 is 2.42 bits per heavy atom. The van der Waals surface area contributed by atoms with E-state index >= 15 is 0 Å². The number of carbonyl (C=O) groups is 1. The summed E-state index contributed by atoms with van der Waals surface area (Å²) in [6.07, 6.45) is 3.61. The molecule has 3 aromatic rings. The van der Waals surface area contributed by atoms with Crippen LogP contribution in [0.1, 0.15) is 56.6 Å². The number of hydrogen-bond donors (Lipinski definition) is 1. The van der Waals surface area contributed by atoms with Crippen LogP contribution in [0, 0.1) is 5.82 Å². The molecule has 0 aliphatic carbocycles. The molecule has 1 amide bonds. The second-order valence-electron chi connectivity index (χ2n) is 8.41. The maximum Gasteiger partial charge on any atom is 0.230 e. The molecule has 2 atom stereocenters. The number of benzene rings is 2. The van der Waals surface area contributed by atoms with Crippen LogP contribution in [0.4, 0.5) is 4.39 Å². The molecule has 0 radical (unpaired) electrons. The zero-order valence-electron chi connectivity index (χ0n) is 19.1. The molecule has 1 saturated heterocycles. The zero-order chi connectivity index (χ0) is 23.2. The molecule has 2 aromatic carbocycles. The van der Waals surface area contributed by atoms with Crippen LogP contribution in [0.15, 0.2) is 59.8 Å². The van der Waals surface area contributed by atoms with Gasteiger partial charge in [0.2, 0.25) is 5.91 Å². The fraction of sp³-hybridized carbons (Fsp3) is 0.400. The standard InChI is InChI=1S/C25H30FN5OS/c1-18(20-9-5-3-6-10-20)27-23(32)17-33-25-29-28-24(19(2)30-15-7-4-8-16-30)31(25)22-13-11-21(26)12-14-22/h3,5-6,9-14,18-19H,4,7-8,15-17H2,1-2H3,(H,27,32). The number of piperidine rings is 1. The first-order chi connectivity index (χ1) is 16.0. The van der Waals surface area contributed by atoms with Crippen molar-refractivity contribution < 1.29 is 9.18 Å². The summed E-state index contributed by atoms with van der Waals surface area (Å²) in [5, 5.41) is 12.6. The highest BCUT2D eigenvalue weighted by atomic mass is 32.2. The number of thioether (sulfide) groups is 1. The van der Waals surface area contributed by atoms with Crippen molar-refractivity contribution in [3.8, 4) is 5.69 Å². The van der Waals surface area contributed by atoms with E-state index in [4.69, 9.17) is 0 Å². The minimum absolute atomic E-state index is 0.0733. The lowest BCUT2D eigenvalue weighted by molar-refractivity contribution is -0.119. The lowest BCUT2D eigenvalue weighted by Gasteiger charge is -2.31. The third kappa shape index (κ3) is 5.81. The van der Waals surface area contributed by atoms with Crippen molar-refractivity contribution in [3.05, 3.63) is 71.8 Å². The molecule has 4 rings (SSSR count). The third-order valence-corrected chi connectivity index (χ3v) is 6.99. The van der Waals surface area contributed by atoms with Crippen molar-refractivity contribution in [2.45, 2.75) is 50.4 Å². The molecule has 174 valence electrons. The molecule has 0 spiro atoms. The van der Waals surface area contributed by atoms with Crippen molar-refractivity contribution in [1.29, 1.82) is 0 Å². The molecule has 6 nitrogen and oxygen atoms in total. The van der Waals surface area contributed by atoms with Gasteiger partial charge in [-0.05, 0) is 69.6 Å². The van der Waals surface area contributed by atoms with Crippen LogP contribution in [0.5, 0.6) is 0 Å². The minimum Gasteiger partial charge on any atom is -0.349 e. The first-order valence-corrected chi connectivity index (χ1v) is 12.4. The molecule has 1 fully saturated rings. The Morgan fingerprint density at radius 1 is 1.03 bits per heavy atom. The van der Waals surface area contributed by atoms with E-state index in [9.17, 15) is 9.18 Å². The number of nitrogens with one attached hydrogen (secondary N) is 1. The second kappa shape index (κ2) is 10.9. The highest BCUT2D eigenvalue weighted by Crippen LogP contribution is 2.29. The maximum absolute atomic E-state index is 13.6. The van der Waals surface area contributed by atoms with E-state index in [0.717, 1.165) is 30.2 Å². The highest BCUT2D eigenvalue weighted by molar-refractivity contribution is 7.99. The van der Waals surface area contributed by atoms with Crippen LogP contribution < -0.4 is 5.32 Å². The van der Waals surface area contributed by atoms with Gasteiger partial charge in [-0.1, -0.05) is 48.5 Å². The molecule has 0 saturated carbocycles. The number of rotatable bonds is 8. The summed E-state index contributed by atoms with van der Waals surface area (Å²) in [7, 11) is 0. The fourth-order valence-electron chi connectivity index (χ4n) is 4.19. The topological polar surface area (TPSA) is 63.1 Å². The molecular formula is C25H30FN5OS. The molecule has 2 heterocycles. The van der Waals surface area contributed by atoms with Crippen molar-refractivity contribution in [2.75, 3.05) is 18.8 Å². The van der Waals surface area contributed by atoms with E-state index in [1.54, 1.807) is 12.1 Å². The predicted octanol–water partition coefficient (Wildman–Crippen LogP) is 4.92. The first kappa shape index (κ1) is 23.4. The molecular weight excluding hydrogens is 437 g/mol. The van der Waals surface area contributed by atoms with Crippen molar-refractivity contribution in [1.82, 2.24) is 25.0 Å². The van der Waals surface area contributed by atoms with Gasteiger partial charge in [-0.3, -0.25) is 14.3 Å². The van der Waals surface area contributed by atoms with E-state index in [-0.39, 0.29) is 29.6 Å². The molecule has 1 aliphatic rings. The normalized spacial score (nSPS) is 16.3. The average Bonchev–Trinajstić information content (AvgIpc) is 3.27. The number of likely N-dealkylation sites (tertiary alicyclic amines) is 1. The molecule has 1 N–H and O–H groups in total. The number of aromatic nitrogens is 3. The average molecular weight is 468 g/mol. The molecule has 0 bridgehead atoms. The van der Waals surface area contributed by atoms with E-state index in [1.807, 2.05) is 41.8 Å². The van der Waals surface area contributed by atoms with Gasteiger partial charge in [-0.15, -0.1) is 10.2 Å². The molecule has 2 unspecified atom stereocenters. The van der Waals surface area contributed by atoms with Gasteiger partial charge in [-0.2, -0.15) is 0 Å². The Morgan fingerprint density at radius 2 is 1.73 bits per heavy atom. The zero-order valence-corrected chi connectivity index (χ0v) is 19.9. The highest BCUT2D eigenvalue weighted by Gasteiger charge is 2.26. The second-order valence-corrected chi connectivity index (χ2v) is 9.36.